The van der Waals surface area contributed by atoms with E-state index in [4.69, 9.17) is 4.74 Å². The van der Waals surface area contributed by atoms with Crippen LogP contribution in [-0.2, 0) is 17.8 Å². The van der Waals surface area contributed by atoms with E-state index in [0.717, 1.165) is 11.3 Å². The summed E-state index contributed by atoms with van der Waals surface area (Å²) in [6.07, 6.45) is 0. The molecule has 4 rings (SSSR count). The second kappa shape index (κ2) is 6.37. The molecule has 2 amide bonds. The van der Waals surface area contributed by atoms with Crippen LogP contribution in [-0.4, -0.2) is 64.2 Å². The highest BCUT2D eigenvalue weighted by Gasteiger charge is 2.27. The van der Waals surface area contributed by atoms with Gasteiger partial charge >= 0.3 is 0 Å². The van der Waals surface area contributed by atoms with E-state index >= 15 is 0 Å². The normalized spacial score (nSPS) is 17.7. The van der Waals surface area contributed by atoms with Crippen molar-refractivity contribution in [2.75, 3.05) is 32.8 Å². The fourth-order valence-corrected chi connectivity index (χ4v) is 3.67. The lowest BCUT2D eigenvalue weighted by Crippen LogP contribution is -2.41. The molecule has 0 aromatic carbocycles. The SMILES string of the molecule is O=C(c1ccsc1)N1CCn2nc(C(=O)N3CCOCC3)cc2C1. The largest absolute Gasteiger partial charge is 0.378 e. The van der Waals surface area contributed by atoms with Crippen LogP contribution in [0, 0.1) is 0 Å². The molecule has 0 bridgehead atoms. The second-order valence-electron chi connectivity index (χ2n) is 5.89. The fraction of sp³-hybridized carbons (Fsp3) is 0.438. The molecule has 1 saturated heterocycles. The standard InChI is InChI=1S/C16H18N4O3S/c21-15(12-1-8-24-11-12)19-2-3-20-13(10-19)9-14(17-20)16(22)18-4-6-23-7-5-18/h1,8-9,11H,2-7,10H2. The van der Waals surface area contributed by atoms with Crippen LogP contribution in [0.4, 0.5) is 0 Å². The predicted molar refractivity (Wildman–Crippen MR) is 88.0 cm³/mol. The fourth-order valence-electron chi connectivity index (χ4n) is 3.04. The number of ether oxygens (including phenoxy) is 1. The third-order valence-corrected chi connectivity index (χ3v) is 5.05. The molecule has 0 saturated carbocycles. The van der Waals surface area contributed by atoms with Crippen molar-refractivity contribution in [3.63, 3.8) is 0 Å². The van der Waals surface area contributed by atoms with Gasteiger partial charge in [0.15, 0.2) is 5.69 Å². The Bertz CT molecular complexity index is 749. The summed E-state index contributed by atoms with van der Waals surface area (Å²) in [7, 11) is 0. The molecule has 2 aromatic rings. The molecule has 8 heteroatoms. The van der Waals surface area contributed by atoms with E-state index in [1.54, 1.807) is 4.90 Å². The summed E-state index contributed by atoms with van der Waals surface area (Å²) in [4.78, 5) is 28.6. The Morgan fingerprint density at radius 2 is 1.92 bits per heavy atom. The van der Waals surface area contributed by atoms with Crippen molar-refractivity contribution in [1.82, 2.24) is 19.6 Å². The van der Waals surface area contributed by atoms with Crippen molar-refractivity contribution in [1.29, 1.82) is 0 Å². The Morgan fingerprint density at radius 3 is 2.67 bits per heavy atom. The summed E-state index contributed by atoms with van der Waals surface area (Å²) in [6.45, 7) is 4.05. The van der Waals surface area contributed by atoms with Crippen molar-refractivity contribution < 1.29 is 14.3 Å². The molecule has 0 atom stereocenters. The number of rotatable bonds is 2. The van der Waals surface area contributed by atoms with Crippen LogP contribution in [0.25, 0.3) is 0 Å². The van der Waals surface area contributed by atoms with Gasteiger partial charge in [0.05, 0.1) is 37.6 Å². The molecule has 0 spiro atoms. The molecule has 4 heterocycles. The molecule has 0 N–H and O–H groups in total. The van der Waals surface area contributed by atoms with Crippen LogP contribution >= 0.6 is 11.3 Å². The van der Waals surface area contributed by atoms with Gasteiger partial charge in [0.25, 0.3) is 11.8 Å². The summed E-state index contributed by atoms with van der Waals surface area (Å²) in [5, 5.41) is 8.20. The van der Waals surface area contributed by atoms with E-state index < -0.39 is 0 Å². The maximum Gasteiger partial charge on any atom is 0.274 e. The first-order valence-electron chi connectivity index (χ1n) is 7.97. The van der Waals surface area contributed by atoms with Gasteiger partial charge in [0.2, 0.25) is 0 Å². The van der Waals surface area contributed by atoms with E-state index in [1.165, 1.54) is 11.3 Å². The van der Waals surface area contributed by atoms with Crippen molar-refractivity contribution in [3.8, 4) is 0 Å². The predicted octanol–water partition coefficient (Wildman–Crippen LogP) is 1.07. The molecule has 2 aliphatic rings. The van der Waals surface area contributed by atoms with Crippen molar-refractivity contribution in [2.24, 2.45) is 0 Å². The maximum absolute atomic E-state index is 12.5. The average molecular weight is 346 g/mol. The lowest BCUT2D eigenvalue weighted by molar-refractivity contribution is 0.0298. The maximum atomic E-state index is 12.5. The molecule has 126 valence electrons. The van der Waals surface area contributed by atoms with Crippen molar-refractivity contribution in [3.05, 3.63) is 39.8 Å². The first-order valence-corrected chi connectivity index (χ1v) is 8.92. The van der Waals surface area contributed by atoms with Crippen LogP contribution in [0.2, 0.25) is 0 Å². The Morgan fingerprint density at radius 1 is 1.08 bits per heavy atom. The van der Waals surface area contributed by atoms with E-state index in [2.05, 4.69) is 5.10 Å². The highest BCUT2D eigenvalue weighted by Crippen LogP contribution is 2.18. The third-order valence-electron chi connectivity index (χ3n) is 4.37. The third kappa shape index (κ3) is 2.83. The smallest absolute Gasteiger partial charge is 0.274 e. The van der Waals surface area contributed by atoms with Gasteiger partial charge in [0, 0.05) is 25.0 Å². The molecule has 1 fully saturated rings. The van der Waals surface area contributed by atoms with E-state index in [9.17, 15) is 9.59 Å². The monoisotopic (exact) mass is 346 g/mol. The van der Waals surface area contributed by atoms with Gasteiger partial charge < -0.3 is 14.5 Å². The first-order chi connectivity index (χ1) is 11.7. The number of aromatic nitrogens is 2. The number of carbonyl (C=O) groups excluding carboxylic acids is 2. The highest BCUT2D eigenvalue weighted by molar-refractivity contribution is 7.08. The van der Waals surface area contributed by atoms with Crippen LogP contribution in [0.15, 0.2) is 22.9 Å². The van der Waals surface area contributed by atoms with Gasteiger partial charge in [-0.3, -0.25) is 14.3 Å². The summed E-state index contributed by atoms with van der Waals surface area (Å²) in [5.41, 5.74) is 2.08. The Kier molecular flexibility index (Phi) is 4.07. The summed E-state index contributed by atoms with van der Waals surface area (Å²) < 4.78 is 7.12. The van der Waals surface area contributed by atoms with Gasteiger partial charge in [-0.1, -0.05) is 0 Å². The molecule has 2 aromatic heterocycles. The molecule has 7 nitrogen and oxygen atoms in total. The summed E-state index contributed by atoms with van der Waals surface area (Å²) in [5.74, 6) is -0.0272. The van der Waals surface area contributed by atoms with Gasteiger partial charge in [-0.05, 0) is 17.5 Å². The Labute approximate surface area is 143 Å². The van der Waals surface area contributed by atoms with E-state index in [-0.39, 0.29) is 11.8 Å². The number of thiophene rings is 1. The zero-order chi connectivity index (χ0) is 16.5. The van der Waals surface area contributed by atoms with Gasteiger partial charge in [-0.25, -0.2) is 0 Å². The highest BCUT2D eigenvalue weighted by atomic mass is 32.1. The topological polar surface area (TPSA) is 67.7 Å². The number of carbonyl (C=O) groups is 2. The molecule has 0 aliphatic carbocycles. The second-order valence-corrected chi connectivity index (χ2v) is 6.67. The number of fused-ring (bicyclic) bond motifs is 1. The molecule has 2 aliphatic heterocycles. The van der Waals surface area contributed by atoms with Crippen molar-refractivity contribution >= 4 is 23.2 Å². The van der Waals surface area contributed by atoms with Crippen LogP contribution < -0.4 is 0 Å². The van der Waals surface area contributed by atoms with Crippen LogP contribution in [0.3, 0.4) is 0 Å². The van der Waals surface area contributed by atoms with Crippen LogP contribution in [0.1, 0.15) is 26.5 Å². The quantitative estimate of drug-likeness (QED) is 0.816. The minimum Gasteiger partial charge on any atom is -0.378 e. The Balaban J connectivity index is 1.49. The number of morpholine rings is 1. The average Bonchev–Trinajstić information content (AvgIpc) is 3.30. The minimum absolute atomic E-state index is 0.0322. The Hall–Kier alpha value is -2.19. The van der Waals surface area contributed by atoms with Gasteiger partial charge in [-0.15, -0.1) is 0 Å². The number of hydrogen-bond donors (Lipinski definition) is 0. The molecule has 24 heavy (non-hydrogen) atoms. The van der Waals surface area contributed by atoms with E-state index in [1.807, 2.05) is 32.5 Å². The molecular weight excluding hydrogens is 328 g/mol. The molecule has 0 radical (unpaired) electrons. The van der Waals surface area contributed by atoms with Gasteiger partial charge in [0.1, 0.15) is 0 Å². The van der Waals surface area contributed by atoms with E-state index in [0.29, 0.717) is 51.6 Å². The van der Waals surface area contributed by atoms with Crippen molar-refractivity contribution in [2.45, 2.75) is 13.1 Å². The number of hydrogen-bond acceptors (Lipinski definition) is 5. The minimum atomic E-state index is -0.0593. The summed E-state index contributed by atoms with van der Waals surface area (Å²) >= 11 is 1.52. The number of nitrogens with zero attached hydrogens (tertiary/aromatic N) is 4. The lowest BCUT2D eigenvalue weighted by Gasteiger charge is -2.27. The molecular formula is C16H18N4O3S. The first kappa shape index (κ1) is 15.3. The zero-order valence-corrected chi connectivity index (χ0v) is 14.0. The van der Waals surface area contributed by atoms with Crippen LogP contribution in [0.5, 0.6) is 0 Å². The number of amides is 2. The summed E-state index contributed by atoms with van der Waals surface area (Å²) in [6, 6.07) is 3.65. The molecule has 0 unspecified atom stereocenters. The zero-order valence-electron chi connectivity index (χ0n) is 13.2. The lowest BCUT2D eigenvalue weighted by atomic mass is 10.2. The van der Waals surface area contributed by atoms with Gasteiger partial charge in [-0.2, -0.15) is 16.4 Å².